The molecule has 1 rings (SSSR count). The van der Waals surface area contributed by atoms with E-state index in [4.69, 9.17) is 14.2 Å². The van der Waals surface area contributed by atoms with Crippen molar-refractivity contribution >= 4 is 7.60 Å². The molecule has 1 aliphatic rings. The maximum Gasteiger partial charge on any atom is 0.325 e. The van der Waals surface area contributed by atoms with Crippen molar-refractivity contribution < 1.29 is 27.5 Å². The lowest BCUT2D eigenvalue weighted by Gasteiger charge is -2.46. The van der Waals surface area contributed by atoms with Crippen molar-refractivity contribution in [2.24, 2.45) is 0 Å². The summed E-state index contributed by atoms with van der Waals surface area (Å²) in [6, 6.07) is 0. The highest BCUT2D eigenvalue weighted by Gasteiger charge is 2.59. The van der Waals surface area contributed by atoms with Crippen LogP contribution in [0.2, 0.25) is 0 Å². The maximum absolute atomic E-state index is 12.6. The van der Waals surface area contributed by atoms with E-state index in [2.05, 4.69) is 0 Å². The molecule has 0 aromatic rings. The fraction of sp³-hybridized carbons (Fsp3) is 1.00. The molecule has 1 aliphatic carbocycles. The van der Waals surface area contributed by atoms with E-state index in [1.54, 1.807) is 0 Å². The first-order chi connectivity index (χ1) is 6.18. The Bertz CT molecular complexity index is 254. The summed E-state index contributed by atoms with van der Waals surface area (Å²) in [4.78, 5) is 8.95. The summed E-state index contributed by atoms with van der Waals surface area (Å²) in [6.45, 7) is 0.877. The van der Waals surface area contributed by atoms with Crippen molar-refractivity contribution in [1.29, 1.82) is 0 Å². The first-order valence-electron chi connectivity index (χ1n) is 4.06. The average Bonchev–Trinajstić information content (AvgIpc) is 1.77. The van der Waals surface area contributed by atoms with Crippen LogP contribution in [-0.2, 0) is 13.8 Å². The van der Waals surface area contributed by atoms with Crippen molar-refractivity contribution in [3.05, 3.63) is 0 Å². The molecule has 1 fully saturated rings. The maximum atomic E-state index is 12.6. The fourth-order valence-corrected chi connectivity index (χ4v) is 2.61. The van der Waals surface area contributed by atoms with Crippen molar-refractivity contribution in [3.8, 4) is 0 Å². The Balaban J connectivity index is 2.63. The first-order valence-corrected chi connectivity index (χ1v) is 6.08. The Hall–Kier alpha value is -0.0300. The lowest BCUT2D eigenvalue weighted by Crippen LogP contribution is -2.55. The number of alkyl halides is 2. The Morgan fingerprint density at radius 3 is 2.29 bits per heavy atom. The van der Waals surface area contributed by atoms with E-state index < -0.39 is 32.0 Å². The highest BCUT2D eigenvalue weighted by Crippen LogP contribution is 2.55. The third-order valence-electron chi connectivity index (χ3n) is 1.93. The van der Waals surface area contributed by atoms with E-state index in [1.165, 1.54) is 7.11 Å². The summed E-state index contributed by atoms with van der Waals surface area (Å²) in [5.41, 5.74) is -1.29. The molecule has 0 radical (unpaired) electrons. The van der Waals surface area contributed by atoms with Gasteiger partial charge in [0.15, 0.2) is 0 Å². The van der Waals surface area contributed by atoms with Gasteiger partial charge in [0.05, 0.1) is 6.61 Å². The summed E-state index contributed by atoms with van der Waals surface area (Å²) in [5.74, 6) is -2.81. The molecule has 0 aliphatic heterocycles. The summed E-state index contributed by atoms with van der Waals surface area (Å²) in [5, 5.41) is 0. The van der Waals surface area contributed by atoms with E-state index >= 15 is 0 Å². The SMILES string of the molecule is COCC1(OP(C)(=O)O)CC(F)(F)C1. The smallest absolute Gasteiger partial charge is 0.325 e. The quantitative estimate of drug-likeness (QED) is 0.746. The topological polar surface area (TPSA) is 55.8 Å². The predicted molar refractivity (Wildman–Crippen MR) is 45.6 cm³/mol. The molecule has 0 aromatic heterocycles. The number of hydrogen-bond acceptors (Lipinski definition) is 3. The Labute approximate surface area is 80.7 Å². The largest absolute Gasteiger partial charge is 0.382 e. The molecule has 0 saturated heterocycles. The van der Waals surface area contributed by atoms with Crippen LogP contribution in [0.4, 0.5) is 8.78 Å². The second-order valence-electron chi connectivity index (χ2n) is 3.72. The summed E-state index contributed by atoms with van der Waals surface area (Å²) in [7, 11) is -2.42. The summed E-state index contributed by atoms with van der Waals surface area (Å²) < 4.78 is 45.6. The lowest BCUT2D eigenvalue weighted by atomic mass is 9.77. The minimum atomic E-state index is -3.75. The minimum Gasteiger partial charge on any atom is -0.382 e. The van der Waals surface area contributed by atoms with Crippen LogP contribution < -0.4 is 0 Å². The number of ether oxygens (including phenoxy) is 1. The molecule has 14 heavy (non-hydrogen) atoms. The van der Waals surface area contributed by atoms with Crippen LogP contribution in [0.15, 0.2) is 0 Å². The van der Waals surface area contributed by atoms with Gasteiger partial charge in [0.1, 0.15) is 5.60 Å². The van der Waals surface area contributed by atoms with Gasteiger partial charge in [0.2, 0.25) is 0 Å². The molecule has 0 aromatic carbocycles. The van der Waals surface area contributed by atoms with E-state index in [0.717, 1.165) is 6.66 Å². The van der Waals surface area contributed by atoms with Crippen LogP contribution in [0.3, 0.4) is 0 Å². The molecule has 1 N–H and O–H groups in total. The van der Waals surface area contributed by atoms with Crippen molar-refractivity contribution in [2.75, 3.05) is 20.4 Å². The number of hydrogen-bond donors (Lipinski definition) is 1. The van der Waals surface area contributed by atoms with Crippen molar-refractivity contribution in [2.45, 2.75) is 24.4 Å². The summed E-state index contributed by atoms with van der Waals surface area (Å²) in [6.07, 6.45) is -1.13. The van der Waals surface area contributed by atoms with Gasteiger partial charge in [-0.3, -0.25) is 9.09 Å². The van der Waals surface area contributed by atoms with Gasteiger partial charge >= 0.3 is 7.60 Å². The van der Waals surface area contributed by atoms with Gasteiger partial charge < -0.3 is 9.63 Å². The van der Waals surface area contributed by atoms with Crippen molar-refractivity contribution in [3.63, 3.8) is 0 Å². The highest BCUT2D eigenvalue weighted by atomic mass is 31.2. The summed E-state index contributed by atoms with van der Waals surface area (Å²) >= 11 is 0. The molecule has 0 bridgehead atoms. The van der Waals surface area contributed by atoms with E-state index in [9.17, 15) is 13.3 Å². The number of methoxy groups -OCH3 is 1. The van der Waals surface area contributed by atoms with Gasteiger partial charge in [0, 0.05) is 26.6 Å². The average molecular weight is 230 g/mol. The van der Waals surface area contributed by atoms with Crippen LogP contribution in [0.25, 0.3) is 0 Å². The normalized spacial score (nSPS) is 27.8. The zero-order valence-electron chi connectivity index (χ0n) is 8.00. The Kier molecular flexibility index (Phi) is 3.03. The van der Waals surface area contributed by atoms with Crippen LogP contribution in [0.1, 0.15) is 12.8 Å². The van der Waals surface area contributed by atoms with Gasteiger partial charge in [0.25, 0.3) is 5.92 Å². The number of halogens is 2. The molecule has 4 nitrogen and oxygen atoms in total. The molecular weight excluding hydrogens is 217 g/mol. The van der Waals surface area contributed by atoms with Crippen LogP contribution in [0, 0.1) is 0 Å². The molecule has 7 heteroatoms. The molecule has 0 heterocycles. The third-order valence-corrected chi connectivity index (χ3v) is 2.66. The van der Waals surface area contributed by atoms with E-state index in [0.29, 0.717) is 0 Å². The molecule has 1 unspecified atom stereocenters. The van der Waals surface area contributed by atoms with Gasteiger partial charge in [-0.2, -0.15) is 0 Å². The third kappa shape index (κ3) is 2.98. The van der Waals surface area contributed by atoms with Crippen LogP contribution in [-0.4, -0.2) is 36.8 Å². The zero-order valence-corrected chi connectivity index (χ0v) is 8.89. The highest BCUT2D eigenvalue weighted by molar-refractivity contribution is 7.51. The van der Waals surface area contributed by atoms with Gasteiger partial charge in [-0.25, -0.2) is 8.78 Å². The van der Waals surface area contributed by atoms with E-state index in [1.807, 2.05) is 0 Å². The number of rotatable bonds is 4. The second-order valence-corrected chi connectivity index (χ2v) is 5.51. The minimum absolute atomic E-state index is 0.0962. The standard InChI is InChI=1S/C7H13F2O4P/c1-12-5-6(13-14(2,10)11)3-7(8,9)4-6/h3-5H2,1-2H3,(H,10,11). The van der Waals surface area contributed by atoms with Crippen LogP contribution in [0.5, 0.6) is 0 Å². The second kappa shape index (κ2) is 3.52. The molecular formula is C7H13F2O4P. The monoisotopic (exact) mass is 230 g/mol. The van der Waals surface area contributed by atoms with Gasteiger partial charge in [-0.1, -0.05) is 0 Å². The van der Waals surface area contributed by atoms with E-state index in [-0.39, 0.29) is 6.61 Å². The molecule has 1 atom stereocenters. The molecule has 1 saturated carbocycles. The molecule has 84 valence electrons. The van der Waals surface area contributed by atoms with Crippen LogP contribution >= 0.6 is 7.60 Å². The fourth-order valence-electron chi connectivity index (χ4n) is 1.71. The van der Waals surface area contributed by atoms with Gasteiger partial charge in [-0.15, -0.1) is 0 Å². The predicted octanol–water partition coefficient (Wildman–Crippen LogP) is 1.63. The lowest BCUT2D eigenvalue weighted by molar-refractivity contribution is -0.210. The van der Waals surface area contributed by atoms with Gasteiger partial charge in [-0.05, 0) is 0 Å². The molecule has 0 spiro atoms. The zero-order chi connectivity index (χ0) is 11.0. The Morgan fingerprint density at radius 1 is 1.50 bits per heavy atom. The van der Waals surface area contributed by atoms with Crippen molar-refractivity contribution in [1.82, 2.24) is 0 Å². The Morgan fingerprint density at radius 2 is 2.00 bits per heavy atom. The molecule has 0 amide bonds. The first kappa shape index (κ1) is 12.0.